The van der Waals surface area contributed by atoms with E-state index in [0.717, 1.165) is 6.07 Å². The molecule has 0 radical (unpaired) electrons. The van der Waals surface area contributed by atoms with Gasteiger partial charge in [0.2, 0.25) is 5.95 Å². The maximum absolute atomic E-state index is 13.8. The van der Waals surface area contributed by atoms with E-state index in [1.165, 1.54) is 35.1 Å². The molecule has 13 nitrogen and oxygen atoms in total. The molecule has 7 rings (SSSR count). The SMILES string of the molecule is O=C(Nc1cn2nc(-c3c(-c4ccc(F)cc4)ncn3C3CCN(C(=O)c4cnon4)CC3)ccc2n1)c1ccnc(F)c1. The second kappa shape index (κ2) is 11.1. The number of nitrogens with one attached hydrogen (secondary N) is 1. The van der Waals surface area contributed by atoms with Crippen LogP contribution in [0.1, 0.15) is 39.7 Å². The van der Waals surface area contributed by atoms with Crippen LogP contribution in [0.5, 0.6) is 0 Å². The van der Waals surface area contributed by atoms with E-state index in [1.54, 1.807) is 41.7 Å². The minimum absolute atomic E-state index is 0.0120. The summed E-state index contributed by atoms with van der Waals surface area (Å²) in [5, 5.41) is 14.6. The summed E-state index contributed by atoms with van der Waals surface area (Å²) < 4.78 is 35.4. The number of hydrogen-bond acceptors (Lipinski definition) is 9. The number of anilines is 1. The lowest BCUT2D eigenvalue weighted by Gasteiger charge is -2.32. The minimum Gasteiger partial charge on any atom is -0.337 e. The first kappa shape index (κ1) is 27.0. The number of carbonyl (C=O) groups is 2. The monoisotopic (exact) mass is 596 g/mol. The van der Waals surface area contributed by atoms with Crippen molar-refractivity contribution in [2.75, 3.05) is 18.4 Å². The van der Waals surface area contributed by atoms with Crippen LogP contribution in [0.3, 0.4) is 0 Å². The van der Waals surface area contributed by atoms with Crippen LogP contribution in [0.25, 0.3) is 28.3 Å². The van der Waals surface area contributed by atoms with Crippen LogP contribution in [-0.2, 0) is 0 Å². The van der Waals surface area contributed by atoms with Crippen molar-refractivity contribution in [2.24, 2.45) is 0 Å². The first-order chi connectivity index (χ1) is 21.4. The van der Waals surface area contributed by atoms with Crippen LogP contribution in [-0.4, -0.2) is 69.3 Å². The third kappa shape index (κ3) is 5.14. The summed E-state index contributed by atoms with van der Waals surface area (Å²) >= 11 is 0. The molecule has 0 spiro atoms. The standard InChI is InChI=1S/C29H22F2N10O3/c30-19-3-1-17(2-4-19)26-27(40(16-33-26)20-8-11-39(12-9-20)29(43)22-14-34-44-38-22)21-5-6-25-35-24(15-41(25)37-21)36-28(42)18-7-10-32-23(31)13-18/h1-7,10,13-16,20H,8-9,11-12H2,(H,36,42). The zero-order valence-electron chi connectivity index (χ0n) is 22.8. The van der Waals surface area contributed by atoms with Crippen molar-refractivity contribution in [3.05, 3.63) is 96.5 Å². The molecule has 0 atom stereocenters. The first-order valence-electron chi connectivity index (χ1n) is 13.6. The Bertz CT molecular complexity index is 1980. The highest BCUT2D eigenvalue weighted by Gasteiger charge is 2.29. The number of piperidine rings is 1. The summed E-state index contributed by atoms with van der Waals surface area (Å²) in [4.78, 5) is 39.7. The average molecular weight is 597 g/mol. The third-order valence-corrected chi connectivity index (χ3v) is 7.43. The van der Waals surface area contributed by atoms with E-state index in [-0.39, 0.29) is 34.8 Å². The molecule has 0 unspecified atom stereocenters. The van der Waals surface area contributed by atoms with Crippen molar-refractivity contribution < 1.29 is 23.0 Å². The van der Waals surface area contributed by atoms with Crippen molar-refractivity contribution in [3.8, 4) is 22.6 Å². The molecule has 1 aromatic carbocycles. The lowest BCUT2D eigenvalue weighted by Crippen LogP contribution is -2.39. The number of amides is 2. The van der Waals surface area contributed by atoms with Gasteiger partial charge in [-0.15, -0.1) is 0 Å². The second-order valence-electron chi connectivity index (χ2n) is 10.1. The Balaban J connectivity index is 1.20. The van der Waals surface area contributed by atoms with Gasteiger partial charge in [0.05, 0.1) is 23.9 Å². The Kier molecular flexibility index (Phi) is 6.81. The molecule has 2 amide bonds. The number of nitrogens with zero attached hydrogens (tertiary/aromatic N) is 9. The zero-order chi connectivity index (χ0) is 30.2. The van der Waals surface area contributed by atoms with Gasteiger partial charge >= 0.3 is 0 Å². The molecule has 6 heterocycles. The van der Waals surface area contributed by atoms with Gasteiger partial charge in [0.1, 0.15) is 17.7 Å². The third-order valence-electron chi connectivity index (χ3n) is 7.43. The highest BCUT2D eigenvalue weighted by atomic mass is 19.1. The molecule has 1 fully saturated rings. The van der Waals surface area contributed by atoms with E-state index in [2.05, 4.69) is 30.2 Å². The Morgan fingerprint density at radius 2 is 1.82 bits per heavy atom. The van der Waals surface area contributed by atoms with E-state index >= 15 is 0 Å². The molecule has 1 aliphatic heterocycles. The number of pyridine rings is 1. The van der Waals surface area contributed by atoms with Crippen molar-refractivity contribution in [1.29, 1.82) is 0 Å². The van der Waals surface area contributed by atoms with Crippen molar-refractivity contribution in [3.63, 3.8) is 0 Å². The molecular formula is C29H22F2N10O3. The lowest BCUT2D eigenvalue weighted by molar-refractivity contribution is 0.0683. The highest BCUT2D eigenvalue weighted by molar-refractivity contribution is 6.03. The first-order valence-corrected chi connectivity index (χ1v) is 13.6. The molecule has 0 saturated carbocycles. The number of benzene rings is 1. The van der Waals surface area contributed by atoms with Crippen molar-refractivity contribution in [2.45, 2.75) is 18.9 Å². The molecule has 0 bridgehead atoms. The summed E-state index contributed by atoms with van der Waals surface area (Å²) in [5.74, 6) is -1.69. The van der Waals surface area contributed by atoms with Gasteiger partial charge in [-0.25, -0.2) is 28.5 Å². The summed E-state index contributed by atoms with van der Waals surface area (Å²) in [6.07, 6.45) is 7.07. The number of hydrogen-bond donors (Lipinski definition) is 1. The molecule has 44 heavy (non-hydrogen) atoms. The van der Waals surface area contributed by atoms with Gasteiger partial charge in [-0.05, 0) is 60.5 Å². The van der Waals surface area contributed by atoms with Crippen molar-refractivity contribution >= 4 is 23.3 Å². The van der Waals surface area contributed by atoms with E-state index in [4.69, 9.17) is 10.1 Å². The smallest absolute Gasteiger partial charge is 0.277 e. The Morgan fingerprint density at radius 1 is 1.00 bits per heavy atom. The minimum atomic E-state index is -0.767. The highest BCUT2D eigenvalue weighted by Crippen LogP contribution is 2.35. The van der Waals surface area contributed by atoms with Gasteiger partial charge in [-0.2, -0.15) is 9.49 Å². The number of imidazole rings is 2. The average Bonchev–Trinajstić information content (AvgIpc) is 3.81. The van der Waals surface area contributed by atoms with E-state index in [0.29, 0.717) is 54.2 Å². The maximum atomic E-state index is 13.8. The van der Waals surface area contributed by atoms with Crippen LogP contribution in [0, 0.1) is 11.8 Å². The van der Waals surface area contributed by atoms with Crippen LogP contribution in [0.2, 0.25) is 0 Å². The number of carbonyl (C=O) groups excluding carboxylic acids is 2. The zero-order valence-corrected chi connectivity index (χ0v) is 22.8. The normalized spacial score (nSPS) is 13.8. The Morgan fingerprint density at radius 3 is 2.57 bits per heavy atom. The van der Waals surface area contributed by atoms with Crippen LogP contribution in [0.4, 0.5) is 14.6 Å². The molecule has 0 aliphatic carbocycles. The topological polar surface area (TPSA) is 149 Å². The van der Waals surface area contributed by atoms with E-state index in [1.807, 2.05) is 4.57 Å². The Hall–Kier alpha value is -5.86. The summed E-state index contributed by atoms with van der Waals surface area (Å²) in [6, 6.07) is 12.0. The fraction of sp³-hybridized carbons (Fsp3) is 0.172. The van der Waals surface area contributed by atoms with E-state index in [9.17, 15) is 18.4 Å². The molecule has 15 heteroatoms. The van der Waals surface area contributed by atoms with Gasteiger partial charge < -0.3 is 14.8 Å². The van der Waals surface area contributed by atoms with Gasteiger partial charge in [0.15, 0.2) is 17.2 Å². The number of aromatic nitrogens is 8. The maximum Gasteiger partial charge on any atom is 0.277 e. The van der Waals surface area contributed by atoms with Crippen LogP contribution in [0.15, 0.2) is 78.1 Å². The molecule has 5 aromatic heterocycles. The quantitative estimate of drug-likeness (QED) is 0.281. The molecule has 6 aromatic rings. The molecule has 1 N–H and O–H groups in total. The summed E-state index contributed by atoms with van der Waals surface area (Å²) in [5.41, 5.74) is 3.30. The van der Waals surface area contributed by atoms with Gasteiger partial charge in [0, 0.05) is 42.5 Å². The van der Waals surface area contributed by atoms with Crippen molar-refractivity contribution in [1.82, 2.24) is 44.3 Å². The number of halogens is 2. The predicted octanol–water partition coefficient (Wildman–Crippen LogP) is 4.05. The molecular weight excluding hydrogens is 574 g/mol. The largest absolute Gasteiger partial charge is 0.337 e. The molecule has 220 valence electrons. The van der Waals surface area contributed by atoms with Crippen LogP contribution < -0.4 is 5.32 Å². The van der Waals surface area contributed by atoms with Gasteiger partial charge in [-0.1, -0.05) is 5.16 Å². The summed E-state index contributed by atoms with van der Waals surface area (Å²) in [7, 11) is 0. The van der Waals surface area contributed by atoms with E-state index < -0.39 is 11.9 Å². The lowest BCUT2D eigenvalue weighted by atomic mass is 10.0. The number of fused-ring (bicyclic) bond motifs is 1. The fourth-order valence-electron chi connectivity index (χ4n) is 5.28. The van der Waals surface area contributed by atoms with Gasteiger partial charge in [-0.3, -0.25) is 9.59 Å². The van der Waals surface area contributed by atoms with Gasteiger partial charge in [0.25, 0.3) is 11.8 Å². The molecule has 1 saturated heterocycles. The molecule has 1 aliphatic rings. The Labute approximate surface area is 247 Å². The fourth-order valence-corrected chi connectivity index (χ4v) is 5.28. The number of rotatable bonds is 6. The van der Waals surface area contributed by atoms with Crippen LogP contribution >= 0.6 is 0 Å². The summed E-state index contributed by atoms with van der Waals surface area (Å²) in [6.45, 7) is 0.969. The second-order valence-corrected chi connectivity index (χ2v) is 10.1. The number of likely N-dealkylation sites (tertiary alicyclic amines) is 1. The predicted molar refractivity (Wildman–Crippen MR) is 150 cm³/mol.